The maximum atomic E-state index is 12.4. The first-order valence-electron chi connectivity index (χ1n) is 8.44. The number of carbonyl (C=O) groups is 1. The lowest BCUT2D eigenvalue weighted by Gasteiger charge is -2.08. The number of para-hydroxylation sites is 2. The molecule has 7 heteroatoms. The van der Waals surface area contributed by atoms with Crippen molar-refractivity contribution < 1.29 is 4.79 Å². The molecule has 130 valence electrons. The molecule has 0 fully saturated rings. The normalized spacial score (nSPS) is 10.9. The number of nitrogens with zero attached hydrogens (tertiary/aromatic N) is 5. The Hall–Kier alpha value is -3.48. The average Bonchev–Trinajstić information content (AvgIpc) is 3.35. The number of rotatable bonds is 6. The Morgan fingerprint density at radius 2 is 2.00 bits per heavy atom. The molecule has 26 heavy (non-hydrogen) atoms. The number of carbonyl (C=O) groups excluding carboxylic acids is 1. The van der Waals surface area contributed by atoms with Crippen LogP contribution in [0.25, 0.3) is 16.9 Å². The van der Waals surface area contributed by atoms with Gasteiger partial charge in [0.2, 0.25) is 0 Å². The van der Waals surface area contributed by atoms with Crippen LogP contribution in [0.5, 0.6) is 0 Å². The lowest BCUT2D eigenvalue weighted by atomic mass is 10.2. The Balaban J connectivity index is 1.34. The van der Waals surface area contributed by atoms with Gasteiger partial charge in [0, 0.05) is 37.2 Å². The van der Waals surface area contributed by atoms with Crippen LogP contribution < -0.4 is 5.32 Å². The van der Waals surface area contributed by atoms with E-state index >= 15 is 0 Å². The van der Waals surface area contributed by atoms with Gasteiger partial charge in [0.15, 0.2) is 0 Å². The topological polar surface area (TPSA) is 77.6 Å². The van der Waals surface area contributed by atoms with Gasteiger partial charge in [-0.25, -0.2) is 15.0 Å². The van der Waals surface area contributed by atoms with E-state index in [4.69, 9.17) is 0 Å². The quantitative estimate of drug-likeness (QED) is 0.544. The number of aryl methyl sites for hydroxylation is 1. The number of hydrogen-bond acceptors (Lipinski definition) is 4. The summed E-state index contributed by atoms with van der Waals surface area (Å²) >= 11 is 0. The fraction of sp³-hybridized carbons (Fsp3) is 0.158. The van der Waals surface area contributed by atoms with E-state index < -0.39 is 0 Å². The van der Waals surface area contributed by atoms with Crippen LogP contribution in [-0.4, -0.2) is 36.5 Å². The minimum absolute atomic E-state index is 0.107. The van der Waals surface area contributed by atoms with E-state index in [-0.39, 0.29) is 5.91 Å². The molecule has 0 aliphatic carbocycles. The van der Waals surface area contributed by atoms with E-state index in [9.17, 15) is 4.79 Å². The molecule has 1 N–H and O–H groups in total. The SMILES string of the molecule is O=C(NCCCn1cnc2ccccc21)c1ccnc(-n2ccnc2)c1. The Morgan fingerprint density at radius 1 is 1.08 bits per heavy atom. The number of hydrogen-bond donors (Lipinski definition) is 1. The summed E-state index contributed by atoms with van der Waals surface area (Å²) in [5, 5.41) is 2.96. The largest absolute Gasteiger partial charge is 0.352 e. The Morgan fingerprint density at radius 3 is 2.88 bits per heavy atom. The van der Waals surface area contributed by atoms with Gasteiger partial charge < -0.3 is 9.88 Å². The number of benzene rings is 1. The molecular weight excluding hydrogens is 328 g/mol. The standard InChI is InChI=1S/C19H18N6O/c26-19(15-6-8-21-18(12-15)25-11-9-20-13-25)22-7-3-10-24-14-23-16-4-1-2-5-17(16)24/h1-2,4-6,8-9,11-14H,3,7,10H2,(H,22,26). The highest BCUT2D eigenvalue weighted by molar-refractivity contribution is 5.94. The van der Waals surface area contributed by atoms with Gasteiger partial charge in [-0.2, -0.15) is 0 Å². The highest BCUT2D eigenvalue weighted by Gasteiger charge is 2.07. The molecule has 1 amide bonds. The van der Waals surface area contributed by atoms with E-state index in [0.717, 1.165) is 24.0 Å². The third kappa shape index (κ3) is 3.32. The molecule has 0 aliphatic heterocycles. The lowest BCUT2D eigenvalue weighted by Crippen LogP contribution is -2.25. The van der Waals surface area contributed by atoms with Gasteiger partial charge >= 0.3 is 0 Å². The zero-order chi connectivity index (χ0) is 17.8. The minimum Gasteiger partial charge on any atom is -0.352 e. The Bertz CT molecular complexity index is 1020. The number of aromatic nitrogens is 5. The molecule has 3 heterocycles. The maximum absolute atomic E-state index is 12.4. The van der Waals surface area contributed by atoms with E-state index in [2.05, 4.69) is 30.9 Å². The predicted molar refractivity (Wildman–Crippen MR) is 98.0 cm³/mol. The zero-order valence-electron chi connectivity index (χ0n) is 14.1. The summed E-state index contributed by atoms with van der Waals surface area (Å²) in [5.74, 6) is 0.560. The maximum Gasteiger partial charge on any atom is 0.251 e. The zero-order valence-corrected chi connectivity index (χ0v) is 14.1. The van der Waals surface area contributed by atoms with Crippen molar-refractivity contribution in [3.8, 4) is 5.82 Å². The molecule has 0 aliphatic rings. The number of fused-ring (bicyclic) bond motifs is 1. The van der Waals surface area contributed by atoms with Crippen molar-refractivity contribution in [3.63, 3.8) is 0 Å². The third-order valence-corrected chi connectivity index (χ3v) is 4.17. The van der Waals surface area contributed by atoms with E-state index in [1.807, 2.05) is 24.5 Å². The van der Waals surface area contributed by atoms with Gasteiger partial charge in [0.05, 0.1) is 17.4 Å². The first-order chi connectivity index (χ1) is 12.8. The summed E-state index contributed by atoms with van der Waals surface area (Å²) in [5.41, 5.74) is 2.68. The molecule has 0 atom stereocenters. The first-order valence-corrected chi connectivity index (χ1v) is 8.44. The summed E-state index contributed by atoms with van der Waals surface area (Å²) in [6.07, 6.45) is 9.41. The number of imidazole rings is 2. The van der Waals surface area contributed by atoms with Crippen molar-refractivity contribution in [1.82, 2.24) is 29.4 Å². The summed E-state index contributed by atoms with van der Waals surface area (Å²) in [6, 6.07) is 11.5. The Labute approximate surface area is 150 Å². The van der Waals surface area contributed by atoms with Crippen molar-refractivity contribution in [3.05, 3.63) is 73.2 Å². The number of nitrogens with one attached hydrogen (secondary N) is 1. The lowest BCUT2D eigenvalue weighted by molar-refractivity contribution is 0.0952. The van der Waals surface area contributed by atoms with Gasteiger partial charge in [0.1, 0.15) is 12.1 Å². The number of pyridine rings is 1. The molecule has 4 aromatic rings. The van der Waals surface area contributed by atoms with Crippen LogP contribution in [0.3, 0.4) is 0 Å². The highest BCUT2D eigenvalue weighted by Crippen LogP contribution is 2.12. The second kappa shape index (κ2) is 7.18. The van der Waals surface area contributed by atoms with Crippen LogP contribution in [0, 0.1) is 0 Å². The second-order valence-electron chi connectivity index (χ2n) is 5.91. The number of amides is 1. The molecular formula is C19H18N6O. The summed E-state index contributed by atoms with van der Waals surface area (Å²) < 4.78 is 3.87. The summed E-state index contributed by atoms with van der Waals surface area (Å²) in [6.45, 7) is 1.39. The molecule has 0 bridgehead atoms. The van der Waals surface area contributed by atoms with Crippen molar-refractivity contribution in [2.45, 2.75) is 13.0 Å². The molecule has 0 spiro atoms. The van der Waals surface area contributed by atoms with Crippen molar-refractivity contribution in [2.75, 3.05) is 6.54 Å². The van der Waals surface area contributed by atoms with Gasteiger partial charge in [-0.05, 0) is 30.7 Å². The molecule has 3 aromatic heterocycles. The summed E-state index contributed by atoms with van der Waals surface area (Å²) in [7, 11) is 0. The van der Waals surface area contributed by atoms with Crippen LogP contribution >= 0.6 is 0 Å². The Kier molecular flexibility index (Phi) is 4.42. The highest BCUT2D eigenvalue weighted by atomic mass is 16.1. The summed E-state index contributed by atoms with van der Waals surface area (Å²) in [4.78, 5) is 25.0. The minimum atomic E-state index is -0.107. The second-order valence-corrected chi connectivity index (χ2v) is 5.91. The van der Waals surface area contributed by atoms with Crippen LogP contribution in [0.2, 0.25) is 0 Å². The van der Waals surface area contributed by atoms with Crippen molar-refractivity contribution in [1.29, 1.82) is 0 Å². The van der Waals surface area contributed by atoms with Gasteiger partial charge in [0.25, 0.3) is 5.91 Å². The van der Waals surface area contributed by atoms with Gasteiger partial charge in [-0.3, -0.25) is 9.36 Å². The third-order valence-electron chi connectivity index (χ3n) is 4.17. The molecule has 0 radical (unpaired) electrons. The molecule has 1 aromatic carbocycles. The fourth-order valence-electron chi connectivity index (χ4n) is 2.84. The molecule has 7 nitrogen and oxygen atoms in total. The van der Waals surface area contributed by atoms with Crippen LogP contribution in [0.4, 0.5) is 0 Å². The van der Waals surface area contributed by atoms with Gasteiger partial charge in [-0.1, -0.05) is 12.1 Å². The smallest absolute Gasteiger partial charge is 0.251 e. The average molecular weight is 346 g/mol. The molecule has 0 unspecified atom stereocenters. The van der Waals surface area contributed by atoms with Crippen molar-refractivity contribution in [2.24, 2.45) is 0 Å². The van der Waals surface area contributed by atoms with Crippen LogP contribution in [0.15, 0.2) is 67.6 Å². The predicted octanol–water partition coefficient (Wildman–Crippen LogP) is 2.44. The van der Waals surface area contributed by atoms with Crippen LogP contribution in [0.1, 0.15) is 16.8 Å². The monoisotopic (exact) mass is 346 g/mol. The van der Waals surface area contributed by atoms with E-state index in [0.29, 0.717) is 17.9 Å². The molecule has 4 rings (SSSR count). The van der Waals surface area contributed by atoms with Crippen molar-refractivity contribution >= 4 is 16.9 Å². The fourth-order valence-corrected chi connectivity index (χ4v) is 2.84. The first kappa shape index (κ1) is 16.0. The van der Waals surface area contributed by atoms with Crippen LogP contribution in [-0.2, 0) is 6.54 Å². The van der Waals surface area contributed by atoms with E-state index in [1.165, 1.54) is 0 Å². The molecule has 0 saturated heterocycles. The van der Waals surface area contributed by atoms with E-state index in [1.54, 1.807) is 41.6 Å². The van der Waals surface area contributed by atoms with Gasteiger partial charge in [-0.15, -0.1) is 0 Å². The molecule has 0 saturated carbocycles.